The molecule has 12 aromatic rings. The Labute approximate surface area is 641 Å². The molecule has 0 saturated carbocycles. The van der Waals surface area contributed by atoms with Crippen LogP contribution in [-0.4, -0.2) is 129 Å². The highest BCUT2D eigenvalue weighted by Gasteiger charge is 2.29. The molecule has 8 aromatic heterocycles. The predicted molar refractivity (Wildman–Crippen MR) is 444 cm³/mol. The number of pyridine rings is 3. The fourth-order valence-electron chi connectivity index (χ4n) is 15.6. The number of rotatable bonds is 11. The molecule has 16 rings (SSSR count). The van der Waals surface area contributed by atoms with Crippen LogP contribution in [0.5, 0.6) is 0 Å². The van der Waals surface area contributed by atoms with Crippen LogP contribution in [0.3, 0.4) is 0 Å². The van der Waals surface area contributed by atoms with Gasteiger partial charge in [-0.05, 0) is 242 Å². The molecule has 108 heavy (non-hydrogen) atoms. The standard InChI is InChI=1S/C24H26FN3O2.C23H28N4.C23H27N3.C21H22ClN3/c1-4-30-24(29)12-18(17-6-8-23(25)26-13-17)14-28-21-7-5-16(2)11-19(21)20-15-27(3)10-9-22(20)28;1-16(17-8-10-24-25-13-17)14-27-21-7-6-18(23(2,3)4)12-19(21)20-15-26(5)11-9-22(20)27;1-15-6-9-22-20(10-15)21-14-25(5)18(4)11-23(21)26(22)13-16(2)19-8-7-17(3)24-12-19;1-14(16-5-4-15(2)23-11-16)12-25-20-8-9-24(3)13-19(20)18-7-6-17(22)10-21(18)25/h5-8,11-13H,4,9-10,14-15H2,1-3H3;6-8,10,12-14H,9,11,15H2,1-5H3;6-10,12-13,18H,11,14H2,1-5H3;4-7,10-12H,8-9,13H2,1-3H3/b18-12-;16-14+;16-13+;14-12+. The molecule has 0 saturated heterocycles. The summed E-state index contributed by atoms with van der Waals surface area (Å²) in [5, 5.41) is 14.0. The monoisotopic (exact) mass is 1460 g/mol. The molecule has 558 valence electrons. The lowest BCUT2D eigenvalue weighted by Gasteiger charge is -2.30. The quantitative estimate of drug-likeness (QED) is 0.0698. The van der Waals surface area contributed by atoms with E-state index in [0.717, 1.165) is 110 Å². The number of benzene rings is 4. The van der Waals surface area contributed by atoms with Crippen molar-refractivity contribution < 1.29 is 13.9 Å². The van der Waals surface area contributed by atoms with Crippen LogP contribution in [0.15, 0.2) is 152 Å². The van der Waals surface area contributed by atoms with Crippen molar-refractivity contribution in [2.24, 2.45) is 0 Å². The van der Waals surface area contributed by atoms with Crippen LogP contribution in [0, 0.1) is 33.6 Å². The molecule has 17 heteroatoms. The van der Waals surface area contributed by atoms with Crippen LogP contribution < -0.4 is 0 Å². The van der Waals surface area contributed by atoms with E-state index in [1.807, 2.05) is 44.6 Å². The lowest BCUT2D eigenvalue weighted by Crippen LogP contribution is -2.35. The molecule has 0 fully saturated rings. The first-order valence-electron chi connectivity index (χ1n) is 37.9. The van der Waals surface area contributed by atoms with E-state index in [2.05, 4.69) is 263 Å². The van der Waals surface area contributed by atoms with Crippen molar-refractivity contribution >= 4 is 102 Å². The Morgan fingerprint density at radius 1 is 0.537 bits per heavy atom. The largest absolute Gasteiger partial charge is 0.463 e. The van der Waals surface area contributed by atoms with Crippen molar-refractivity contribution in [1.29, 1.82) is 0 Å². The number of ether oxygens (including phenoxy) is 1. The van der Waals surface area contributed by atoms with Gasteiger partial charge in [0.25, 0.3) is 0 Å². The lowest BCUT2D eigenvalue weighted by molar-refractivity contribution is -0.137. The van der Waals surface area contributed by atoms with Gasteiger partial charge in [-0.2, -0.15) is 14.6 Å². The van der Waals surface area contributed by atoms with Crippen LogP contribution in [-0.2, 0) is 73.4 Å². The second-order valence-corrected chi connectivity index (χ2v) is 31.7. The summed E-state index contributed by atoms with van der Waals surface area (Å²) in [6, 6.07) is 40.5. The van der Waals surface area contributed by atoms with E-state index in [9.17, 15) is 9.18 Å². The SMILES string of the molecule is C/C(=C\n1c2c(c3cc(C(C)(C)C)ccc31)CN(C)CC2)c1ccnnc1.C/C(=C\n1c2c(c3cc(C)ccc31)CN(C)C(C)C2)c1ccc(C)nc1.C/C(=C\n1c2c(c3ccc(Cl)cc31)CN(C)CC2)c1ccc(C)nc1.CCOC(=O)/C=C(/Cn1c2c(c3cc(C)ccc31)CN(C)CC2)c1ccc(F)nc1. The number of esters is 1. The molecule has 0 spiro atoms. The zero-order valence-corrected chi connectivity index (χ0v) is 66.6. The van der Waals surface area contributed by atoms with E-state index in [4.69, 9.17) is 16.3 Å². The maximum Gasteiger partial charge on any atom is 0.331 e. The molecule has 15 nitrogen and oxygen atoms in total. The molecule has 0 amide bonds. The summed E-state index contributed by atoms with van der Waals surface area (Å²) < 4.78 is 28.0. The van der Waals surface area contributed by atoms with Crippen molar-refractivity contribution in [3.63, 3.8) is 0 Å². The normalized spacial score (nSPS) is 16.1. The number of nitrogens with zero attached hydrogens (tertiary/aromatic N) is 13. The van der Waals surface area contributed by atoms with Gasteiger partial charge in [-0.3, -0.25) is 14.9 Å². The maximum absolute atomic E-state index is 13.4. The van der Waals surface area contributed by atoms with Gasteiger partial charge >= 0.3 is 5.97 Å². The van der Waals surface area contributed by atoms with Gasteiger partial charge in [0.2, 0.25) is 5.95 Å². The fourth-order valence-corrected chi connectivity index (χ4v) is 15.8. The minimum atomic E-state index is -0.545. The summed E-state index contributed by atoms with van der Waals surface area (Å²) in [7, 11) is 8.76. The number of fused-ring (bicyclic) bond motifs is 12. The highest BCUT2D eigenvalue weighted by atomic mass is 35.5. The number of carbonyl (C=O) groups excluding carboxylic acids is 1. The number of allylic oxidation sites excluding steroid dienone is 4. The molecule has 0 bridgehead atoms. The number of halogens is 2. The Kier molecular flexibility index (Phi) is 22.9. The highest BCUT2D eigenvalue weighted by Crippen LogP contribution is 2.40. The van der Waals surface area contributed by atoms with Crippen molar-refractivity contribution in [3.8, 4) is 0 Å². The zero-order valence-electron chi connectivity index (χ0n) is 65.8. The summed E-state index contributed by atoms with van der Waals surface area (Å²) >= 11 is 6.30. The van der Waals surface area contributed by atoms with E-state index in [1.165, 1.54) is 140 Å². The second-order valence-electron chi connectivity index (χ2n) is 31.2. The van der Waals surface area contributed by atoms with Crippen LogP contribution in [0.1, 0.15) is 151 Å². The van der Waals surface area contributed by atoms with Crippen LogP contribution in [0.25, 0.3) is 84.5 Å². The zero-order chi connectivity index (χ0) is 76.4. The van der Waals surface area contributed by atoms with Gasteiger partial charge in [0, 0.05) is 199 Å². The molecule has 4 aliphatic heterocycles. The first kappa shape index (κ1) is 76.3. The van der Waals surface area contributed by atoms with Crippen LogP contribution in [0.2, 0.25) is 5.02 Å². The molecule has 4 aromatic carbocycles. The van der Waals surface area contributed by atoms with E-state index < -0.39 is 11.9 Å². The molecule has 1 atom stereocenters. The van der Waals surface area contributed by atoms with Crippen LogP contribution in [0.4, 0.5) is 4.39 Å². The number of likely N-dealkylation sites (N-methyl/N-ethyl adjacent to an activating group) is 4. The van der Waals surface area contributed by atoms with Crippen molar-refractivity contribution in [2.45, 2.75) is 153 Å². The summed E-state index contributed by atoms with van der Waals surface area (Å²) in [4.78, 5) is 34.5. The Bertz CT molecular complexity index is 5440. The second kappa shape index (κ2) is 32.5. The van der Waals surface area contributed by atoms with Gasteiger partial charge in [-0.25, -0.2) is 9.78 Å². The Hall–Kier alpha value is -9.94. The molecule has 1 unspecified atom stereocenters. The third kappa shape index (κ3) is 16.7. The Morgan fingerprint density at radius 2 is 1.04 bits per heavy atom. The van der Waals surface area contributed by atoms with E-state index in [-0.39, 0.29) is 5.41 Å². The summed E-state index contributed by atoms with van der Waals surface area (Å²) in [5.41, 5.74) is 31.0. The maximum atomic E-state index is 13.4. The molecule has 0 radical (unpaired) electrons. The summed E-state index contributed by atoms with van der Waals surface area (Å²) in [5.74, 6) is -0.950. The average molecular weight is 1470 g/mol. The van der Waals surface area contributed by atoms with Gasteiger partial charge in [-0.15, -0.1) is 0 Å². The van der Waals surface area contributed by atoms with Crippen molar-refractivity contribution in [3.05, 3.63) is 259 Å². The summed E-state index contributed by atoms with van der Waals surface area (Å²) in [6.07, 6.45) is 21.4. The number of aryl methyl sites for hydroxylation is 4. The Balaban J connectivity index is 0.000000127. The predicted octanol–water partition coefficient (Wildman–Crippen LogP) is 18.9. The number of hydrogen-bond donors (Lipinski definition) is 0. The number of carbonyl (C=O) groups is 1. The molecular weight excluding hydrogens is 1360 g/mol. The first-order valence-corrected chi connectivity index (χ1v) is 38.3. The number of aromatic nitrogens is 9. The van der Waals surface area contributed by atoms with Gasteiger partial charge in [0.15, 0.2) is 0 Å². The average Bonchev–Trinajstić information content (AvgIpc) is 1.62. The molecule has 0 aliphatic carbocycles. The highest BCUT2D eigenvalue weighted by molar-refractivity contribution is 6.31. The van der Waals surface area contributed by atoms with E-state index >= 15 is 0 Å². The van der Waals surface area contributed by atoms with Gasteiger partial charge in [0.1, 0.15) is 0 Å². The Morgan fingerprint density at radius 3 is 1.58 bits per heavy atom. The van der Waals surface area contributed by atoms with E-state index in [1.54, 1.807) is 19.2 Å². The van der Waals surface area contributed by atoms with Crippen molar-refractivity contribution in [1.82, 2.24) is 63.0 Å². The minimum absolute atomic E-state index is 0.151. The van der Waals surface area contributed by atoms with E-state index in [0.29, 0.717) is 24.8 Å². The third-order valence-corrected chi connectivity index (χ3v) is 22.2. The van der Waals surface area contributed by atoms with Crippen LogP contribution >= 0.6 is 11.6 Å². The fraction of sp³-hybridized carbons (Fsp3) is 0.341. The topological polar surface area (TPSA) is 123 Å². The lowest BCUT2D eigenvalue weighted by atomic mass is 9.86. The first-order chi connectivity index (χ1) is 51.8. The minimum Gasteiger partial charge on any atom is -0.463 e. The summed E-state index contributed by atoms with van der Waals surface area (Å²) in [6.45, 7) is 33.6. The smallest absolute Gasteiger partial charge is 0.331 e. The molecule has 4 aliphatic rings. The molecular formula is C91H103ClFN13O2. The van der Waals surface area contributed by atoms with Gasteiger partial charge < -0.3 is 37.7 Å². The van der Waals surface area contributed by atoms with Gasteiger partial charge in [0.05, 0.1) is 35.6 Å². The molecule has 12 heterocycles. The van der Waals surface area contributed by atoms with Crippen molar-refractivity contribution in [2.75, 3.05) is 54.4 Å². The molecule has 0 N–H and O–H groups in total. The van der Waals surface area contributed by atoms with Gasteiger partial charge in [-0.1, -0.05) is 79.9 Å². The third-order valence-electron chi connectivity index (χ3n) is 22.0. The number of hydrogen-bond acceptors (Lipinski definition) is 11.